The number of anilines is 3. The van der Waals surface area contributed by atoms with E-state index in [1.807, 2.05) is 37.3 Å². The number of rotatable bonds is 6. The number of carbonyl (C=O) groups is 1. The van der Waals surface area contributed by atoms with E-state index in [2.05, 4.69) is 20.8 Å². The van der Waals surface area contributed by atoms with Crippen molar-refractivity contribution in [3.63, 3.8) is 0 Å². The Bertz CT molecular complexity index is 915. The van der Waals surface area contributed by atoms with E-state index in [4.69, 9.17) is 0 Å². The summed E-state index contributed by atoms with van der Waals surface area (Å²) in [5.41, 5.74) is 2.42. The summed E-state index contributed by atoms with van der Waals surface area (Å²) < 4.78 is 14.1. The summed E-state index contributed by atoms with van der Waals surface area (Å²) in [6, 6.07) is 13.9. The van der Waals surface area contributed by atoms with Gasteiger partial charge in [-0.3, -0.25) is 4.79 Å². The number of aromatic nitrogens is 2. The van der Waals surface area contributed by atoms with Gasteiger partial charge in [0.25, 0.3) is 0 Å². The van der Waals surface area contributed by atoms with Gasteiger partial charge >= 0.3 is 0 Å². The molecule has 2 aromatic carbocycles. The first-order valence-electron chi connectivity index (χ1n) is 7.90. The van der Waals surface area contributed by atoms with E-state index in [0.717, 1.165) is 15.6 Å². The van der Waals surface area contributed by atoms with Gasteiger partial charge in [0.15, 0.2) is 4.34 Å². The monoisotopic (exact) mass is 388 g/mol. The summed E-state index contributed by atoms with van der Waals surface area (Å²) in [5, 5.41) is 15.0. The molecule has 1 unspecified atom stereocenters. The van der Waals surface area contributed by atoms with Crippen LogP contribution in [-0.2, 0) is 4.79 Å². The van der Waals surface area contributed by atoms with E-state index in [1.54, 1.807) is 6.07 Å². The van der Waals surface area contributed by atoms with Crippen LogP contribution in [-0.4, -0.2) is 16.1 Å². The van der Waals surface area contributed by atoms with Crippen LogP contribution in [0.3, 0.4) is 0 Å². The fraction of sp³-hybridized carbons (Fsp3) is 0.167. The van der Waals surface area contributed by atoms with E-state index in [9.17, 15) is 9.18 Å². The fourth-order valence-corrected chi connectivity index (χ4v) is 4.32. The molecule has 0 fully saturated rings. The highest BCUT2D eigenvalue weighted by molar-refractivity contribution is 8.01. The lowest BCUT2D eigenvalue weighted by molar-refractivity contribution is -0.114. The van der Waals surface area contributed by atoms with Gasteiger partial charge in [-0.15, -0.1) is 10.2 Å². The van der Waals surface area contributed by atoms with Crippen LogP contribution in [0.1, 0.15) is 24.7 Å². The molecular weight excluding hydrogens is 371 g/mol. The van der Waals surface area contributed by atoms with Crippen molar-refractivity contribution in [2.75, 3.05) is 10.6 Å². The zero-order chi connectivity index (χ0) is 18.5. The van der Waals surface area contributed by atoms with Crippen molar-refractivity contribution in [2.24, 2.45) is 0 Å². The lowest BCUT2D eigenvalue weighted by atomic mass is 10.2. The smallest absolute Gasteiger partial charge is 0.221 e. The van der Waals surface area contributed by atoms with Crippen LogP contribution in [0.4, 0.5) is 20.9 Å². The van der Waals surface area contributed by atoms with Crippen molar-refractivity contribution < 1.29 is 9.18 Å². The number of amides is 1. The Morgan fingerprint density at radius 3 is 2.69 bits per heavy atom. The molecule has 3 rings (SSSR count). The molecule has 0 aliphatic heterocycles. The summed E-state index contributed by atoms with van der Waals surface area (Å²) in [6.07, 6.45) is 0. The van der Waals surface area contributed by atoms with E-state index < -0.39 is 0 Å². The highest BCUT2D eigenvalue weighted by Gasteiger charge is 2.12. The van der Waals surface area contributed by atoms with Gasteiger partial charge in [0, 0.05) is 23.5 Å². The quantitative estimate of drug-likeness (QED) is 0.566. The molecule has 0 aliphatic carbocycles. The molecule has 1 atom stereocenters. The molecule has 134 valence electrons. The standard InChI is InChI=1S/C18H17FN4OS2/c1-11(13-5-3-6-14(19)9-13)25-18-23-22-17(26-18)21-16-8-4-7-15(10-16)20-12(2)24/h3-11H,1-2H3,(H,20,24)(H,21,22). The first kappa shape index (κ1) is 18.3. The predicted molar refractivity (Wildman–Crippen MR) is 105 cm³/mol. The van der Waals surface area contributed by atoms with Crippen LogP contribution < -0.4 is 10.6 Å². The van der Waals surface area contributed by atoms with Gasteiger partial charge in [-0.05, 0) is 42.8 Å². The molecule has 2 N–H and O–H groups in total. The second-order valence-corrected chi connectivity index (χ2v) is 8.14. The first-order chi connectivity index (χ1) is 12.5. The molecule has 3 aromatic rings. The minimum atomic E-state index is -0.242. The van der Waals surface area contributed by atoms with Crippen molar-refractivity contribution in [2.45, 2.75) is 23.4 Å². The second-order valence-electron chi connectivity index (χ2n) is 5.58. The number of thioether (sulfide) groups is 1. The molecule has 5 nitrogen and oxygen atoms in total. The second kappa shape index (κ2) is 8.29. The molecule has 0 aliphatic rings. The summed E-state index contributed by atoms with van der Waals surface area (Å²) in [6.45, 7) is 3.47. The summed E-state index contributed by atoms with van der Waals surface area (Å²) in [4.78, 5) is 11.1. The lowest BCUT2D eigenvalue weighted by Crippen LogP contribution is -2.05. The SMILES string of the molecule is CC(=O)Nc1cccc(Nc2nnc(SC(C)c3cccc(F)c3)s2)c1. The van der Waals surface area contributed by atoms with Gasteiger partial charge in [0.2, 0.25) is 11.0 Å². The van der Waals surface area contributed by atoms with Crippen LogP contribution in [0.15, 0.2) is 52.9 Å². The van der Waals surface area contributed by atoms with Gasteiger partial charge in [-0.1, -0.05) is 41.3 Å². The summed E-state index contributed by atoms with van der Waals surface area (Å²) in [7, 11) is 0. The van der Waals surface area contributed by atoms with Gasteiger partial charge in [-0.2, -0.15) is 0 Å². The Morgan fingerprint density at radius 2 is 1.92 bits per heavy atom. The number of halogens is 1. The Labute approximate surface area is 159 Å². The zero-order valence-corrected chi connectivity index (χ0v) is 15.8. The van der Waals surface area contributed by atoms with Crippen molar-refractivity contribution in [1.29, 1.82) is 0 Å². The van der Waals surface area contributed by atoms with Crippen molar-refractivity contribution in [3.05, 3.63) is 59.9 Å². The Kier molecular flexibility index (Phi) is 5.85. The average molecular weight is 388 g/mol. The van der Waals surface area contributed by atoms with Gasteiger partial charge in [-0.25, -0.2) is 4.39 Å². The first-order valence-corrected chi connectivity index (χ1v) is 9.59. The number of nitrogens with zero attached hydrogens (tertiary/aromatic N) is 2. The highest BCUT2D eigenvalue weighted by Crippen LogP contribution is 2.38. The number of hydrogen-bond donors (Lipinski definition) is 2. The molecule has 1 amide bonds. The number of carbonyl (C=O) groups excluding carboxylic acids is 1. The topological polar surface area (TPSA) is 66.9 Å². The van der Waals surface area contributed by atoms with Crippen molar-refractivity contribution >= 4 is 45.5 Å². The Balaban J connectivity index is 1.65. The number of nitrogens with one attached hydrogen (secondary N) is 2. The van der Waals surface area contributed by atoms with Gasteiger partial charge < -0.3 is 10.6 Å². The van der Waals surface area contributed by atoms with Crippen LogP contribution in [0.5, 0.6) is 0 Å². The van der Waals surface area contributed by atoms with Crippen molar-refractivity contribution in [1.82, 2.24) is 10.2 Å². The normalized spacial score (nSPS) is 11.8. The molecular formula is C18H17FN4OS2. The zero-order valence-electron chi connectivity index (χ0n) is 14.2. The van der Waals surface area contributed by atoms with Crippen LogP contribution in [0, 0.1) is 5.82 Å². The maximum absolute atomic E-state index is 13.4. The minimum Gasteiger partial charge on any atom is -0.330 e. The predicted octanol–water partition coefficient (Wildman–Crippen LogP) is 5.23. The third-order valence-corrected chi connectivity index (χ3v) is 5.52. The number of hydrogen-bond acceptors (Lipinski definition) is 6. The lowest BCUT2D eigenvalue weighted by Gasteiger charge is -2.08. The third-order valence-electron chi connectivity index (χ3n) is 3.44. The maximum atomic E-state index is 13.4. The molecule has 0 bridgehead atoms. The van der Waals surface area contributed by atoms with Crippen LogP contribution in [0.25, 0.3) is 0 Å². The van der Waals surface area contributed by atoms with E-state index in [-0.39, 0.29) is 17.0 Å². The summed E-state index contributed by atoms with van der Waals surface area (Å²) in [5.74, 6) is -0.364. The molecule has 8 heteroatoms. The van der Waals surface area contributed by atoms with E-state index in [0.29, 0.717) is 10.8 Å². The Hall–Kier alpha value is -2.45. The van der Waals surface area contributed by atoms with Gasteiger partial charge in [0.1, 0.15) is 5.82 Å². The third kappa shape index (κ3) is 5.03. The molecule has 0 radical (unpaired) electrons. The Morgan fingerprint density at radius 1 is 1.15 bits per heavy atom. The molecule has 0 saturated carbocycles. The molecule has 26 heavy (non-hydrogen) atoms. The van der Waals surface area contributed by atoms with Crippen LogP contribution in [0.2, 0.25) is 0 Å². The largest absolute Gasteiger partial charge is 0.330 e. The summed E-state index contributed by atoms with van der Waals surface area (Å²) >= 11 is 2.95. The maximum Gasteiger partial charge on any atom is 0.221 e. The fourth-order valence-electron chi connectivity index (χ4n) is 2.29. The van der Waals surface area contributed by atoms with Crippen LogP contribution >= 0.6 is 23.1 Å². The minimum absolute atomic E-state index is 0.0644. The molecule has 0 saturated heterocycles. The molecule has 1 aromatic heterocycles. The van der Waals surface area contributed by atoms with Crippen molar-refractivity contribution in [3.8, 4) is 0 Å². The number of benzene rings is 2. The van der Waals surface area contributed by atoms with Gasteiger partial charge in [0.05, 0.1) is 0 Å². The van der Waals surface area contributed by atoms with E-state index >= 15 is 0 Å². The molecule has 0 spiro atoms. The highest BCUT2D eigenvalue weighted by atomic mass is 32.2. The van der Waals surface area contributed by atoms with E-state index in [1.165, 1.54) is 42.2 Å². The molecule has 1 heterocycles. The average Bonchev–Trinajstić information content (AvgIpc) is 3.01.